The van der Waals surface area contributed by atoms with Crippen molar-refractivity contribution in [1.29, 1.82) is 0 Å². The summed E-state index contributed by atoms with van der Waals surface area (Å²) < 4.78 is 27.2. The highest BCUT2D eigenvalue weighted by molar-refractivity contribution is 7.91. The summed E-state index contributed by atoms with van der Waals surface area (Å²) in [6, 6.07) is 5.15. The molecule has 0 fully saturated rings. The van der Waals surface area contributed by atoms with E-state index in [1.807, 2.05) is 5.38 Å². The Balaban J connectivity index is 1.96. The number of hydrogen-bond acceptors (Lipinski definition) is 6. The number of nitrogens with one attached hydrogen (secondary N) is 2. The van der Waals surface area contributed by atoms with Gasteiger partial charge in [0, 0.05) is 12.7 Å². The summed E-state index contributed by atoms with van der Waals surface area (Å²) in [7, 11) is -3.50. The number of rotatable bonds is 8. The Morgan fingerprint density at radius 1 is 1.33 bits per heavy atom. The molecule has 0 aliphatic rings. The number of nitrogens with zero attached hydrogens (tertiary/aromatic N) is 2. The minimum Gasteiger partial charge on any atom is -0.313 e. The maximum absolute atomic E-state index is 12.2. The molecule has 0 bridgehead atoms. The molecule has 8 heteroatoms. The first-order valence-electron chi connectivity index (χ1n) is 6.66. The molecule has 2 heterocycles. The Labute approximate surface area is 128 Å². The van der Waals surface area contributed by atoms with Crippen LogP contribution in [0.25, 0.3) is 0 Å². The second-order valence-electron chi connectivity index (χ2n) is 4.49. The fourth-order valence-electron chi connectivity index (χ4n) is 1.66. The van der Waals surface area contributed by atoms with Gasteiger partial charge in [0.05, 0.1) is 12.2 Å². The van der Waals surface area contributed by atoms with Crippen LogP contribution in [0.4, 0.5) is 0 Å². The van der Waals surface area contributed by atoms with E-state index in [9.17, 15) is 8.42 Å². The van der Waals surface area contributed by atoms with E-state index in [2.05, 4.69) is 27.2 Å². The van der Waals surface area contributed by atoms with Crippen molar-refractivity contribution in [1.82, 2.24) is 20.2 Å². The normalized spacial score (nSPS) is 11.7. The van der Waals surface area contributed by atoms with Gasteiger partial charge in [-0.05, 0) is 42.1 Å². The van der Waals surface area contributed by atoms with Crippen molar-refractivity contribution in [2.24, 2.45) is 0 Å². The van der Waals surface area contributed by atoms with Gasteiger partial charge in [-0.15, -0.1) is 11.3 Å². The average Bonchev–Trinajstić information content (AvgIpc) is 2.96. The standard InChI is InChI=1S/C13H18N4O2S2/c1-2-5-14-8-11-7-13(20-10-11)21(18,19)16-9-12-4-3-6-15-17-12/h3-4,6-7,10,14,16H,2,5,8-9H2,1H3. The molecule has 0 spiro atoms. The maximum atomic E-state index is 12.2. The van der Waals surface area contributed by atoms with E-state index < -0.39 is 10.0 Å². The van der Waals surface area contributed by atoms with E-state index in [0.717, 1.165) is 18.5 Å². The van der Waals surface area contributed by atoms with Crippen LogP contribution in [0.15, 0.2) is 34.0 Å². The van der Waals surface area contributed by atoms with E-state index in [1.165, 1.54) is 11.3 Å². The summed E-state index contributed by atoms with van der Waals surface area (Å²) in [4.78, 5) is 0. The summed E-state index contributed by atoms with van der Waals surface area (Å²) in [6.07, 6.45) is 2.60. The first-order valence-corrected chi connectivity index (χ1v) is 9.02. The van der Waals surface area contributed by atoms with Crippen molar-refractivity contribution in [3.05, 3.63) is 41.0 Å². The van der Waals surface area contributed by atoms with Gasteiger partial charge in [0.25, 0.3) is 0 Å². The van der Waals surface area contributed by atoms with E-state index in [4.69, 9.17) is 0 Å². The van der Waals surface area contributed by atoms with Crippen LogP contribution in [-0.2, 0) is 23.1 Å². The van der Waals surface area contributed by atoms with Gasteiger partial charge in [0.2, 0.25) is 10.0 Å². The van der Waals surface area contributed by atoms with Gasteiger partial charge >= 0.3 is 0 Å². The molecule has 114 valence electrons. The zero-order chi connectivity index (χ0) is 15.1. The van der Waals surface area contributed by atoms with Crippen LogP contribution in [0.2, 0.25) is 0 Å². The molecule has 0 aliphatic carbocycles. The molecule has 0 aliphatic heterocycles. The third kappa shape index (κ3) is 4.85. The molecule has 0 saturated heterocycles. The lowest BCUT2D eigenvalue weighted by atomic mass is 10.3. The predicted molar refractivity (Wildman–Crippen MR) is 82.4 cm³/mol. The van der Waals surface area contributed by atoms with Crippen molar-refractivity contribution >= 4 is 21.4 Å². The number of thiophene rings is 1. The minimum atomic E-state index is -3.50. The Hall–Kier alpha value is -1.35. The first-order chi connectivity index (χ1) is 10.1. The van der Waals surface area contributed by atoms with Gasteiger partial charge in [0.1, 0.15) is 4.21 Å². The number of hydrogen-bond donors (Lipinski definition) is 2. The van der Waals surface area contributed by atoms with Gasteiger partial charge < -0.3 is 5.32 Å². The lowest BCUT2D eigenvalue weighted by molar-refractivity contribution is 0.582. The fourth-order valence-corrected chi connectivity index (χ4v) is 3.92. The monoisotopic (exact) mass is 326 g/mol. The van der Waals surface area contributed by atoms with Crippen LogP contribution >= 0.6 is 11.3 Å². The van der Waals surface area contributed by atoms with Gasteiger partial charge in [-0.2, -0.15) is 10.2 Å². The topological polar surface area (TPSA) is 84.0 Å². The lowest BCUT2D eigenvalue weighted by Gasteiger charge is -2.03. The van der Waals surface area contributed by atoms with E-state index >= 15 is 0 Å². The van der Waals surface area contributed by atoms with Gasteiger partial charge in [-0.3, -0.25) is 0 Å². The van der Waals surface area contributed by atoms with Crippen LogP contribution in [0, 0.1) is 0 Å². The molecule has 6 nitrogen and oxygen atoms in total. The Bertz CT molecular complexity index is 656. The largest absolute Gasteiger partial charge is 0.313 e. The van der Waals surface area contributed by atoms with Crippen molar-refractivity contribution < 1.29 is 8.42 Å². The third-order valence-electron chi connectivity index (χ3n) is 2.72. The summed E-state index contributed by atoms with van der Waals surface area (Å²) >= 11 is 1.22. The highest BCUT2D eigenvalue weighted by atomic mass is 32.2. The Kier molecular flexibility index (Phi) is 5.80. The van der Waals surface area contributed by atoms with Crippen LogP contribution in [-0.4, -0.2) is 25.2 Å². The first kappa shape index (κ1) is 16.0. The molecular formula is C13H18N4O2S2. The molecule has 2 rings (SSSR count). The molecule has 0 atom stereocenters. The van der Waals surface area contributed by atoms with Crippen molar-refractivity contribution in [3.8, 4) is 0 Å². The highest BCUT2D eigenvalue weighted by Crippen LogP contribution is 2.20. The van der Waals surface area contributed by atoms with E-state index in [1.54, 1.807) is 24.4 Å². The Morgan fingerprint density at radius 2 is 2.19 bits per heavy atom. The van der Waals surface area contributed by atoms with E-state index in [0.29, 0.717) is 16.4 Å². The molecule has 0 unspecified atom stereocenters. The molecule has 0 aromatic carbocycles. The minimum absolute atomic E-state index is 0.136. The summed E-state index contributed by atoms with van der Waals surface area (Å²) in [5.74, 6) is 0. The quantitative estimate of drug-likeness (QED) is 0.719. The predicted octanol–water partition coefficient (Wildman–Crippen LogP) is 1.52. The molecule has 0 radical (unpaired) electrons. The van der Waals surface area contributed by atoms with Crippen LogP contribution in [0.5, 0.6) is 0 Å². The second-order valence-corrected chi connectivity index (χ2v) is 7.40. The van der Waals surface area contributed by atoms with Crippen LogP contribution in [0.3, 0.4) is 0 Å². The molecule has 2 aromatic rings. The molecule has 2 N–H and O–H groups in total. The van der Waals surface area contributed by atoms with Crippen molar-refractivity contribution in [3.63, 3.8) is 0 Å². The smallest absolute Gasteiger partial charge is 0.250 e. The van der Waals surface area contributed by atoms with Gasteiger partial charge in [-0.25, -0.2) is 13.1 Å². The average molecular weight is 326 g/mol. The highest BCUT2D eigenvalue weighted by Gasteiger charge is 2.16. The zero-order valence-electron chi connectivity index (χ0n) is 11.7. The molecule has 21 heavy (non-hydrogen) atoms. The maximum Gasteiger partial charge on any atom is 0.250 e. The summed E-state index contributed by atoms with van der Waals surface area (Å²) in [6.45, 7) is 3.83. The molecular weight excluding hydrogens is 308 g/mol. The zero-order valence-corrected chi connectivity index (χ0v) is 13.4. The van der Waals surface area contributed by atoms with E-state index in [-0.39, 0.29) is 6.54 Å². The third-order valence-corrected chi connectivity index (χ3v) is 5.61. The van der Waals surface area contributed by atoms with Crippen LogP contribution < -0.4 is 10.0 Å². The Morgan fingerprint density at radius 3 is 2.90 bits per heavy atom. The number of sulfonamides is 1. The number of aromatic nitrogens is 2. The van der Waals surface area contributed by atoms with Crippen LogP contribution in [0.1, 0.15) is 24.6 Å². The van der Waals surface area contributed by atoms with Gasteiger partial charge in [-0.1, -0.05) is 6.92 Å². The SMILES string of the molecule is CCCNCc1csc(S(=O)(=O)NCc2cccnn2)c1. The van der Waals surface area contributed by atoms with Gasteiger partial charge in [0.15, 0.2) is 0 Å². The van der Waals surface area contributed by atoms with Crippen molar-refractivity contribution in [2.45, 2.75) is 30.6 Å². The summed E-state index contributed by atoms with van der Waals surface area (Å²) in [5, 5.41) is 12.7. The van der Waals surface area contributed by atoms with Crippen molar-refractivity contribution in [2.75, 3.05) is 6.54 Å². The lowest BCUT2D eigenvalue weighted by Crippen LogP contribution is -2.23. The molecule has 2 aromatic heterocycles. The fraction of sp³-hybridized carbons (Fsp3) is 0.385. The molecule has 0 saturated carbocycles. The summed E-state index contributed by atoms with van der Waals surface area (Å²) in [5.41, 5.74) is 1.57. The molecule has 0 amide bonds. The second kappa shape index (κ2) is 7.60.